The quantitative estimate of drug-likeness (QED) is 0.628. The summed E-state index contributed by atoms with van der Waals surface area (Å²) in [5, 5.41) is 0. The summed E-state index contributed by atoms with van der Waals surface area (Å²) in [5.41, 5.74) is 0.783. The second-order valence-electron chi connectivity index (χ2n) is 3.67. The Kier molecular flexibility index (Phi) is 5.35. The Labute approximate surface area is 110 Å². The molecule has 0 saturated heterocycles. The molecule has 88 valence electrons. The van der Waals surface area contributed by atoms with Crippen molar-refractivity contribution in [3.63, 3.8) is 0 Å². The van der Waals surface area contributed by atoms with Crippen molar-refractivity contribution in [3.8, 4) is 0 Å². The number of benzene rings is 1. The zero-order valence-electron chi connectivity index (χ0n) is 9.74. The van der Waals surface area contributed by atoms with Crippen LogP contribution in [0.2, 0.25) is 0 Å². The maximum atomic E-state index is 12.2. The molecule has 1 aromatic rings. The van der Waals surface area contributed by atoms with E-state index in [1.54, 1.807) is 16.7 Å². The van der Waals surface area contributed by atoms with Crippen LogP contribution in [0.4, 0.5) is 0 Å². The molecule has 1 unspecified atom stereocenters. The van der Waals surface area contributed by atoms with Crippen LogP contribution < -0.4 is 0 Å². The van der Waals surface area contributed by atoms with Gasteiger partial charge in [-0.1, -0.05) is 35.0 Å². The number of nitrogens with zero attached hydrogens (tertiary/aromatic N) is 1. The average Bonchev–Trinajstić information content (AvgIpc) is 2.27. The number of rotatable bonds is 4. The highest BCUT2D eigenvalue weighted by Crippen LogP contribution is 2.21. The second-order valence-corrected chi connectivity index (χ2v) is 6.08. The molecule has 0 spiro atoms. The van der Waals surface area contributed by atoms with Gasteiger partial charge >= 0.3 is 0 Å². The van der Waals surface area contributed by atoms with Crippen LogP contribution in [0.1, 0.15) is 17.3 Å². The van der Waals surface area contributed by atoms with E-state index in [9.17, 15) is 4.79 Å². The van der Waals surface area contributed by atoms with E-state index in [1.165, 1.54) is 0 Å². The summed E-state index contributed by atoms with van der Waals surface area (Å²) in [5.74, 6) is 0.0799. The highest BCUT2D eigenvalue weighted by molar-refractivity contribution is 9.09. The fourth-order valence-electron chi connectivity index (χ4n) is 1.49. The topological polar surface area (TPSA) is 20.3 Å². The first-order valence-electron chi connectivity index (χ1n) is 5.08. The highest BCUT2D eigenvalue weighted by atomic mass is 79.9. The van der Waals surface area contributed by atoms with Gasteiger partial charge in [-0.3, -0.25) is 4.79 Å². The SMILES string of the molecule is CSc1ccccc1C(=O)N(C)CC(C)Br. The van der Waals surface area contributed by atoms with E-state index < -0.39 is 0 Å². The van der Waals surface area contributed by atoms with Crippen LogP contribution >= 0.6 is 27.7 Å². The molecule has 0 heterocycles. The van der Waals surface area contributed by atoms with Crippen LogP contribution in [-0.4, -0.2) is 35.5 Å². The fraction of sp³-hybridized carbons (Fsp3) is 0.417. The molecule has 2 nitrogen and oxygen atoms in total. The molecule has 0 radical (unpaired) electrons. The molecule has 1 aromatic carbocycles. The van der Waals surface area contributed by atoms with E-state index in [1.807, 2.05) is 44.5 Å². The summed E-state index contributed by atoms with van der Waals surface area (Å²) in [6.07, 6.45) is 1.99. The number of carbonyl (C=O) groups excluding carboxylic acids is 1. The molecular weight excluding hydrogens is 286 g/mol. The average molecular weight is 302 g/mol. The monoisotopic (exact) mass is 301 g/mol. The minimum Gasteiger partial charge on any atom is -0.341 e. The van der Waals surface area contributed by atoms with E-state index in [4.69, 9.17) is 0 Å². The third kappa shape index (κ3) is 3.52. The predicted octanol–water partition coefficient (Wildman–Crippen LogP) is 3.26. The van der Waals surface area contributed by atoms with Crippen LogP contribution in [0.3, 0.4) is 0 Å². The van der Waals surface area contributed by atoms with Gasteiger partial charge in [-0.15, -0.1) is 11.8 Å². The Balaban J connectivity index is 2.87. The third-order valence-corrected chi connectivity index (χ3v) is 3.29. The van der Waals surface area contributed by atoms with Crippen LogP contribution in [0.25, 0.3) is 0 Å². The van der Waals surface area contributed by atoms with E-state index in [-0.39, 0.29) is 5.91 Å². The summed E-state index contributed by atoms with van der Waals surface area (Å²) in [7, 11) is 1.83. The predicted molar refractivity (Wildman–Crippen MR) is 73.6 cm³/mol. The first-order valence-corrected chi connectivity index (χ1v) is 7.23. The van der Waals surface area contributed by atoms with Crippen molar-refractivity contribution >= 4 is 33.6 Å². The first kappa shape index (κ1) is 13.6. The van der Waals surface area contributed by atoms with E-state index in [0.717, 1.165) is 10.5 Å². The summed E-state index contributed by atoms with van der Waals surface area (Å²) in [6, 6.07) is 7.71. The van der Waals surface area contributed by atoms with Gasteiger partial charge in [0, 0.05) is 23.3 Å². The first-order chi connectivity index (χ1) is 7.56. The molecule has 0 fully saturated rings. The van der Waals surface area contributed by atoms with Crippen molar-refractivity contribution in [2.45, 2.75) is 16.6 Å². The standard InChI is InChI=1S/C12H16BrNOS/c1-9(13)8-14(2)12(15)10-6-4-5-7-11(10)16-3/h4-7,9H,8H2,1-3H3. The summed E-state index contributed by atoms with van der Waals surface area (Å²) in [6.45, 7) is 2.74. The molecule has 1 rings (SSSR count). The molecule has 0 aromatic heterocycles. The van der Waals surface area contributed by atoms with Gasteiger partial charge in [0.2, 0.25) is 0 Å². The van der Waals surface area contributed by atoms with Gasteiger partial charge < -0.3 is 4.90 Å². The Morgan fingerprint density at radius 1 is 1.50 bits per heavy atom. The van der Waals surface area contributed by atoms with E-state index >= 15 is 0 Å². The summed E-state index contributed by atoms with van der Waals surface area (Å²) in [4.78, 5) is 15.2. The lowest BCUT2D eigenvalue weighted by molar-refractivity contribution is 0.0794. The zero-order chi connectivity index (χ0) is 12.1. The van der Waals surface area contributed by atoms with Gasteiger partial charge in [0.15, 0.2) is 0 Å². The molecule has 1 atom stereocenters. The van der Waals surface area contributed by atoms with Crippen molar-refractivity contribution in [1.29, 1.82) is 0 Å². The molecule has 0 N–H and O–H groups in total. The number of alkyl halides is 1. The zero-order valence-corrected chi connectivity index (χ0v) is 12.1. The third-order valence-electron chi connectivity index (χ3n) is 2.21. The number of amides is 1. The van der Waals surface area contributed by atoms with Crippen molar-refractivity contribution < 1.29 is 4.79 Å². The fourth-order valence-corrected chi connectivity index (χ4v) is 2.51. The van der Waals surface area contributed by atoms with Gasteiger partial charge in [0.1, 0.15) is 0 Å². The minimum absolute atomic E-state index is 0.0799. The molecule has 0 bridgehead atoms. The Bertz CT molecular complexity index is 368. The minimum atomic E-state index is 0.0799. The lowest BCUT2D eigenvalue weighted by Gasteiger charge is -2.19. The normalized spacial score (nSPS) is 12.2. The number of halogens is 1. The molecule has 0 aliphatic carbocycles. The molecule has 0 aliphatic heterocycles. The lowest BCUT2D eigenvalue weighted by atomic mass is 10.2. The van der Waals surface area contributed by atoms with Gasteiger partial charge in [-0.2, -0.15) is 0 Å². The van der Waals surface area contributed by atoms with Crippen LogP contribution in [0.15, 0.2) is 29.2 Å². The molecule has 16 heavy (non-hydrogen) atoms. The van der Waals surface area contributed by atoms with E-state index in [2.05, 4.69) is 15.9 Å². The summed E-state index contributed by atoms with van der Waals surface area (Å²) >= 11 is 5.05. The largest absolute Gasteiger partial charge is 0.341 e. The van der Waals surface area contributed by atoms with Crippen molar-refractivity contribution in [2.75, 3.05) is 19.8 Å². The Hall–Kier alpha value is -0.480. The summed E-state index contributed by atoms with van der Waals surface area (Å²) < 4.78 is 0. The van der Waals surface area contributed by atoms with Crippen LogP contribution in [0, 0.1) is 0 Å². The molecule has 1 amide bonds. The number of thioether (sulfide) groups is 1. The van der Waals surface area contributed by atoms with Gasteiger partial charge in [-0.05, 0) is 18.4 Å². The van der Waals surface area contributed by atoms with Gasteiger partial charge in [-0.25, -0.2) is 0 Å². The number of carbonyl (C=O) groups is 1. The molecule has 4 heteroatoms. The van der Waals surface area contributed by atoms with Crippen LogP contribution in [0.5, 0.6) is 0 Å². The van der Waals surface area contributed by atoms with Crippen LogP contribution in [-0.2, 0) is 0 Å². The Morgan fingerprint density at radius 2 is 2.12 bits per heavy atom. The maximum absolute atomic E-state index is 12.2. The van der Waals surface area contributed by atoms with Crippen molar-refractivity contribution in [2.24, 2.45) is 0 Å². The smallest absolute Gasteiger partial charge is 0.254 e. The van der Waals surface area contributed by atoms with Gasteiger partial charge in [0.05, 0.1) is 5.56 Å². The lowest BCUT2D eigenvalue weighted by Crippen LogP contribution is -2.31. The van der Waals surface area contributed by atoms with Crippen molar-refractivity contribution in [3.05, 3.63) is 29.8 Å². The number of hydrogen-bond donors (Lipinski definition) is 0. The second kappa shape index (κ2) is 6.30. The molecule has 0 saturated carbocycles. The highest BCUT2D eigenvalue weighted by Gasteiger charge is 2.15. The molecular formula is C12H16BrNOS. The van der Waals surface area contributed by atoms with Crippen molar-refractivity contribution in [1.82, 2.24) is 4.90 Å². The van der Waals surface area contributed by atoms with Gasteiger partial charge in [0.25, 0.3) is 5.91 Å². The van der Waals surface area contributed by atoms with E-state index in [0.29, 0.717) is 11.4 Å². The Morgan fingerprint density at radius 3 is 2.69 bits per heavy atom. The maximum Gasteiger partial charge on any atom is 0.254 e. The molecule has 0 aliphatic rings. The number of hydrogen-bond acceptors (Lipinski definition) is 2.